The molecule has 1 aliphatic heterocycles. The van der Waals surface area contributed by atoms with Gasteiger partial charge in [0.25, 0.3) is 11.8 Å². The van der Waals surface area contributed by atoms with Gasteiger partial charge in [-0.2, -0.15) is 0 Å². The number of methoxy groups -OCH3 is 1. The zero-order valence-electron chi connectivity index (χ0n) is 17.9. The largest absolute Gasteiger partial charge is 0.497 e. The summed E-state index contributed by atoms with van der Waals surface area (Å²) in [5, 5.41) is 2.62. The van der Waals surface area contributed by atoms with Gasteiger partial charge in [-0.15, -0.1) is 11.3 Å². The fraction of sp³-hybridized carbons (Fsp3) is 0.304. The number of rotatable bonds is 5. The highest BCUT2D eigenvalue weighted by Gasteiger charge is 2.26. The topological polar surface area (TPSA) is 89.0 Å². The van der Waals surface area contributed by atoms with Crippen LogP contribution in [0.4, 0.5) is 0 Å². The molecule has 0 aliphatic carbocycles. The first-order chi connectivity index (χ1) is 15.5. The zero-order chi connectivity index (χ0) is 22.7. The number of ether oxygens (including phenoxy) is 2. The number of piperazine rings is 1. The maximum atomic E-state index is 12.6. The Balaban J connectivity index is 1.33. The first kappa shape index (κ1) is 21.8. The van der Waals surface area contributed by atoms with E-state index in [2.05, 4.69) is 4.98 Å². The number of carbonyl (C=O) groups excluding carboxylic acids is 3. The van der Waals surface area contributed by atoms with Crippen molar-refractivity contribution in [3.8, 4) is 5.75 Å². The van der Waals surface area contributed by atoms with Gasteiger partial charge in [0.05, 0.1) is 28.8 Å². The van der Waals surface area contributed by atoms with Crippen molar-refractivity contribution in [2.75, 3.05) is 39.9 Å². The SMILES string of the molecule is COc1ccc2nc(C)c(C(=O)OCC(=O)N3CCN(C(=O)c4cccs4)CC3)cc2c1. The molecule has 9 heteroatoms. The lowest BCUT2D eigenvalue weighted by atomic mass is 10.1. The number of carbonyl (C=O) groups is 3. The van der Waals surface area contributed by atoms with Crippen LogP contribution >= 0.6 is 11.3 Å². The van der Waals surface area contributed by atoms with E-state index in [0.717, 1.165) is 10.9 Å². The Morgan fingerprint density at radius 2 is 1.81 bits per heavy atom. The van der Waals surface area contributed by atoms with Gasteiger partial charge < -0.3 is 19.3 Å². The molecule has 4 rings (SSSR count). The summed E-state index contributed by atoms with van der Waals surface area (Å²) in [5.74, 6) is -0.238. The van der Waals surface area contributed by atoms with Gasteiger partial charge in [-0.05, 0) is 42.6 Å². The van der Waals surface area contributed by atoms with Crippen molar-refractivity contribution in [1.82, 2.24) is 14.8 Å². The molecule has 1 fully saturated rings. The molecule has 2 aromatic heterocycles. The highest BCUT2D eigenvalue weighted by molar-refractivity contribution is 7.12. The van der Waals surface area contributed by atoms with Crippen molar-refractivity contribution in [2.45, 2.75) is 6.92 Å². The van der Waals surface area contributed by atoms with E-state index in [1.165, 1.54) is 11.3 Å². The maximum absolute atomic E-state index is 12.6. The molecular formula is C23H23N3O5S. The molecule has 0 spiro atoms. The Hall–Kier alpha value is -3.46. The van der Waals surface area contributed by atoms with Crippen molar-refractivity contribution < 1.29 is 23.9 Å². The first-order valence-corrected chi connectivity index (χ1v) is 11.1. The van der Waals surface area contributed by atoms with Crippen molar-refractivity contribution in [3.05, 3.63) is 57.9 Å². The minimum Gasteiger partial charge on any atom is -0.497 e. The molecule has 0 unspecified atom stereocenters. The van der Waals surface area contributed by atoms with Crippen LogP contribution in [0.3, 0.4) is 0 Å². The quantitative estimate of drug-likeness (QED) is 0.552. The number of benzene rings is 1. The Morgan fingerprint density at radius 3 is 2.50 bits per heavy atom. The minimum atomic E-state index is -0.598. The van der Waals surface area contributed by atoms with Crippen LogP contribution in [-0.4, -0.2) is 72.5 Å². The predicted octanol–water partition coefficient (Wildman–Crippen LogP) is 2.75. The van der Waals surface area contributed by atoms with Crippen molar-refractivity contribution in [1.29, 1.82) is 0 Å². The maximum Gasteiger partial charge on any atom is 0.340 e. The van der Waals surface area contributed by atoms with Crippen LogP contribution in [-0.2, 0) is 9.53 Å². The molecule has 166 valence electrons. The number of aryl methyl sites for hydroxylation is 1. The average Bonchev–Trinajstić information content (AvgIpc) is 3.36. The Morgan fingerprint density at radius 1 is 1.06 bits per heavy atom. The van der Waals surface area contributed by atoms with Crippen molar-refractivity contribution in [2.24, 2.45) is 0 Å². The average molecular weight is 454 g/mol. The Kier molecular flexibility index (Phi) is 6.36. The number of fused-ring (bicyclic) bond motifs is 1. The van der Waals surface area contributed by atoms with Gasteiger partial charge >= 0.3 is 5.97 Å². The molecule has 0 bridgehead atoms. The molecule has 0 radical (unpaired) electrons. The smallest absolute Gasteiger partial charge is 0.340 e. The van der Waals surface area contributed by atoms with Gasteiger partial charge in [-0.3, -0.25) is 14.6 Å². The second-order valence-corrected chi connectivity index (χ2v) is 8.35. The summed E-state index contributed by atoms with van der Waals surface area (Å²) >= 11 is 1.40. The number of hydrogen-bond acceptors (Lipinski definition) is 7. The van der Waals surface area contributed by atoms with E-state index in [0.29, 0.717) is 48.1 Å². The van der Waals surface area contributed by atoms with Crippen LogP contribution < -0.4 is 4.74 Å². The monoisotopic (exact) mass is 453 g/mol. The van der Waals surface area contributed by atoms with Crippen molar-refractivity contribution >= 4 is 40.0 Å². The Bertz CT molecular complexity index is 1150. The predicted molar refractivity (Wildman–Crippen MR) is 120 cm³/mol. The molecule has 2 amide bonds. The molecule has 32 heavy (non-hydrogen) atoms. The highest BCUT2D eigenvalue weighted by atomic mass is 32.1. The van der Waals surface area contributed by atoms with Crippen LogP contribution in [0.2, 0.25) is 0 Å². The summed E-state index contributed by atoms with van der Waals surface area (Å²) in [6, 6.07) is 10.8. The third kappa shape index (κ3) is 4.57. The number of nitrogens with zero attached hydrogens (tertiary/aromatic N) is 3. The Labute approximate surface area is 189 Å². The molecule has 8 nitrogen and oxygen atoms in total. The van der Waals surface area contributed by atoms with E-state index < -0.39 is 5.97 Å². The van der Waals surface area contributed by atoms with Gasteiger partial charge in [0.15, 0.2) is 6.61 Å². The first-order valence-electron chi connectivity index (χ1n) is 10.2. The third-order valence-corrected chi connectivity index (χ3v) is 6.27. The summed E-state index contributed by atoms with van der Waals surface area (Å²) in [6.45, 7) is 3.09. The molecule has 0 N–H and O–H groups in total. The number of aromatic nitrogens is 1. The number of amides is 2. The number of hydrogen-bond donors (Lipinski definition) is 0. The second kappa shape index (κ2) is 9.35. The molecule has 0 atom stereocenters. The van der Waals surface area contributed by atoms with Gasteiger partial charge in [-0.25, -0.2) is 4.79 Å². The molecule has 1 aromatic carbocycles. The van der Waals surface area contributed by atoms with Gasteiger partial charge in [0.1, 0.15) is 5.75 Å². The molecule has 3 aromatic rings. The third-order valence-electron chi connectivity index (χ3n) is 5.41. The van der Waals surface area contributed by atoms with Crippen molar-refractivity contribution in [3.63, 3.8) is 0 Å². The fourth-order valence-corrected chi connectivity index (χ4v) is 4.29. The lowest BCUT2D eigenvalue weighted by Gasteiger charge is -2.34. The number of thiophene rings is 1. The van der Waals surface area contributed by atoms with Gasteiger partial charge in [0, 0.05) is 31.6 Å². The standard InChI is InChI=1S/C23H23N3O5S/c1-15-18(13-16-12-17(30-2)5-6-19(16)24-15)23(29)31-14-21(27)25-7-9-26(10-8-25)22(28)20-4-3-11-32-20/h3-6,11-13H,7-10,14H2,1-2H3. The number of pyridine rings is 1. The van der Waals surface area contributed by atoms with E-state index in [9.17, 15) is 14.4 Å². The summed E-state index contributed by atoms with van der Waals surface area (Å²) < 4.78 is 10.5. The molecule has 0 saturated carbocycles. The summed E-state index contributed by atoms with van der Waals surface area (Å²) in [7, 11) is 1.57. The van der Waals surface area contributed by atoms with E-state index in [4.69, 9.17) is 9.47 Å². The minimum absolute atomic E-state index is 0.0190. The lowest BCUT2D eigenvalue weighted by molar-refractivity contribution is -0.136. The van der Waals surface area contributed by atoms with E-state index >= 15 is 0 Å². The fourth-order valence-electron chi connectivity index (χ4n) is 3.60. The molecular weight excluding hydrogens is 430 g/mol. The van der Waals surface area contributed by atoms with Crippen LogP contribution in [0.5, 0.6) is 5.75 Å². The molecule has 1 aliphatic rings. The molecule has 3 heterocycles. The summed E-state index contributed by atoms with van der Waals surface area (Å²) in [4.78, 5) is 46.1. The van der Waals surface area contributed by atoms with Crippen LogP contribution in [0, 0.1) is 6.92 Å². The zero-order valence-corrected chi connectivity index (χ0v) is 18.7. The van der Waals surface area contributed by atoms with E-state index in [-0.39, 0.29) is 18.4 Å². The number of esters is 1. The highest BCUT2D eigenvalue weighted by Crippen LogP contribution is 2.22. The van der Waals surface area contributed by atoms with E-state index in [1.807, 2.05) is 17.5 Å². The lowest BCUT2D eigenvalue weighted by Crippen LogP contribution is -2.51. The summed E-state index contributed by atoms with van der Waals surface area (Å²) in [6.07, 6.45) is 0. The molecule has 1 saturated heterocycles. The van der Waals surface area contributed by atoms with Crippen LogP contribution in [0.25, 0.3) is 10.9 Å². The normalized spacial score (nSPS) is 13.8. The van der Waals surface area contributed by atoms with Gasteiger partial charge in [0.2, 0.25) is 0 Å². The van der Waals surface area contributed by atoms with Crippen LogP contribution in [0.15, 0.2) is 41.8 Å². The van der Waals surface area contributed by atoms with E-state index in [1.54, 1.807) is 48.1 Å². The van der Waals surface area contributed by atoms with Crippen LogP contribution in [0.1, 0.15) is 25.7 Å². The summed E-state index contributed by atoms with van der Waals surface area (Å²) in [5.41, 5.74) is 1.58. The second-order valence-electron chi connectivity index (χ2n) is 7.41. The van der Waals surface area contributed by atoms with Gasteiger partial charge in [-0.1, -0.05) is 6.07 Å².